The normalized spacial score (nSPS) is 10.3. The fourth-order valence-corrected chi connectivity index (χ4v) is 1.24. The van der Waals surface area contributed by atoms with Crippen molar-refractivity contribution in [1.29, 1.82) is 0 Å². The lowest BCUT2D eigenvalue weighted by molar-refractivity contribution is 0.293. The van der Waals surface area contributed by atoms with Crippen LogP contribution in [0.5, 0.6) is 5.75 Å². The van der Waals surface area contributed by atoms with E-state index >= 15 is 0 Å². The Labute approximate surface area is 87.7 Å². The van der Waals surface area contributed by atoms with Gasteiger partial charge >= 0.3 is 0 Å². The summed E-state index contributed by atoms with van der Waals surface area (Å²) in [6, 6.07) is 7.83. The molecule has 0 amide bonds. The van der Waals surface area contributed by atoms with Crippen molar-refractivity contribution in [3.8, 4) is 5.75 Å². The minimum absolute atomic E-state index is 0.346. The molecule has 0 unspecified atom stereocenters. The molecule has 1 aromatic heterocycles. The first-order chi connectivity index (χ1) is 7.25. The summed E-state index contributed by atoms with van der Waals surface area (Å²) in [7, 11) is 1.73. The van der Waals surface area contributed by atoms with Crippen molar-refractivity contribution in [2.75, 3.05) is 0 Å². The van der Waals surface area contributed by atoms with E-state index in [0.29, 0.717) is 12.4 Å². The Balaban J connectivity index is 2.02. The Morgan fingerprint density at radius 1 is 1.33 bits per heavy atom. The standard InChI is InChI=1S/C10H12N4O/c1-8-5-3-4-6-9(8)15-7-10-11-13-14(2)12-10/h3-6H,7H2,1-2H3. The third-order valence-electron chi connectivity index (χ3n) is 2.00. The van der Waals surface area contributed by atoms with Gasteiger partial charge in [-0.3, -0.25) is 0 Å². The highest BCUT2D eigenvalue weighted by atomic mass is 16.5. The van der Waals surface area contributed by atoms with Crippen LogP contribution in [0.3, 0.4) is 0 Å². The molecule has 1 heterocycles. The SMILES string of the molecule is Cc1ccccc1OCc1nnn(C)n1. The van der Waals surface area contributed by atoms with Gasteiger partial charge in [-0.2, -0.15) is 4.80 Å². The predicted octanol–water partition coefficient (Wildman–Crippen LogP) is 1.10. The van der Waals surface area contributed by atoms with E-state index in [0.717, 1.165) is 11.3 Å². The molecule has 0 saturated carbocycles. The van der Waals surface area contributed by atoms with Crippen LogP contribution < -0.4 is 4.74 Å². The molecular weight excluding hydrogens is 192 g/mol. The van der Waals surface area contributed by atoms with E-state index in [9.17, 15) is 0 Å². The van der Waals surface area contributed by atoms with Gasteiger partial charge in [-0.15, -0.1) is 10.2 Å². The number of aryl methyl sites for hydroxylation is 2. The smallest absolute Gasteiger partial charge is 0.212 e. The highest BCUT2D eigenvalue weighted by Gasteiger charge is 2.02. The van der Waals surface area contributed by atoms with E-state index in [1.807, 2.05) is 31.2 Å². The lowest BCUT2D eigenvalue weighted by Crippen LogP contribution is -2.00. The molecule has 15 heavy (non-hydrogen) atoms. The molecule has 1 aromatic carbocycles. The minimum atomic E-state index is 0.346. The number of aromatic nitrogens is 4. The number of hydrogen-bond donors (Lipinski definition) is 0. The largest absolute Gasteiger partial charge is 0.485 e. The second kappa shape index (κ2) is 4.08. The topological polar surface area (TPSA) is 52.8 Å². The van der Waals surface area contributed by atoms with Crippen molar-refractivity contribution in [2.45, 2.75) is 13.5 Å². The summed E-state index contributed by atoms with van der Waals surface area (Å²) < 4.78 is 5.56. The van der Waals surface area contributed by atoms with Crippen LogP contribution in [-0.2, 0) is 13.7 Å². The minimum Gasteiger partial charge on any atom is -0.485 e. The van der Waals surface area contributed by atoms with Gasteiger partial charge < -0.3 is 4.74 Å². The molecule has 0 aliphatic rings. The number of hydrogen-bond acceptors (Lipinski definition) is 4. The average molecular weight is 204 g/mol. The maximum atomic E-state index is 5.56. The first kappa shape index (κ1) is 9.64. The van der Waals surface area contributed by atoms with E-state index < -0.39 is 0 Å². The molecule has 0 spiro atoms. The molecule has 0 aliphatic carbocycles. The van der Waals surface area contributed by atoms with Crippen molar-refractivity contribution < 1.29 is 4.74 Å². The summed E-state index contributed by atoms with van der Waals surface area (Å²) >= 11 is 0. The molecule has 0 aliphatic heterocycles. The van der Waals surface area contributed by atoms with Crippen LogP contribution in [0.1, 0.15) is 11.4 Å². The molecule has 5 nitrogen and oxygen atoms in total. The third kappa shape index (κ3) is 2.31. The van der Waals surface area contributed by atoms with Crippen LogP contribution >= 0.6 is 0 Å². The Morgan fingerprint density at radius 2 is 2.13 bits per heavy atom. The van der Waals surface area contributed by atoms with Gasteiger partial charge in [0.25, 0.3) is 0 Å². The Bertz CT molecular complexity index is 452. The maximum absolute atomic E-state index is 5.56. The maximum Gasteiger partial charge on any atom is 0.212 e. The zero-order valence-electron chi connectivity index (χ0n) is 8.71. The summed E-state index contributed by atoms with van der Waals surface area (Å²) in [5.74, 6) is 1.44. The summed E-state index contributed by atoms with van der Waals surface area (Å²) in [5, 5.41) is 11.6. The molecule has 78 valence electrons. The van der Waals surface area contributed by atoms with E-state index in [-0.39, 0.29) is 0 Å². The van der Waals surface area contributed by atoms with E-state index in [2.05, 4.69) is 15.4 Å². The summed E-state index contributed by atoms with van der Waals surface area (Å²) in [4.78, 5) is 1.41. The van der Waals surface area contributed by atoms with Crippen LogP contribution in [0.2, 0.25) is 0 Å². The van der Waals surface area contributed by atoms with Crippen LogP contribution in [0.15, 0.2) is 24.3 Å². The van der Waals surface area contributed by atoms with Crippen molar-refractivity contribution >= 4 is 0 Å². The van der Waals surface area contributed by atoms with Gasteiger partial charge in [0.15, 0.2) is 6.61 Å². The highest BCUT2D eigenvalue weighted by molar-refractivity contribution is 5.31. The quantitative estimate of drug-likeness (QED) is 0.751. The average Bonchev–Trinajstić information content (AvgIpc) is 2.63. The molecule has 0 radical (unpaired) electrons. The summed E-state index contributed by atoms with van der Waals surface area (Å²) in [6.45, 7) is 2.35. The molecule has 0 saturated heterocycles. The summed E-state index contributed by atoms with van der Waals surface area (Å²) in [5.41, 5.74) is 1.10. The molecule has 0 atom stereocenters. The third-order valence-corrected chi connectivity index (χ3v) is 2.00. The number of rotatable bonds is 3. The highest BCUT2D eigenvalue weighted by Crippen LogP contribution is 2.16. The first-order valence-electron chi connectivity index (χ1n) is 4.67. The summed E-state index contributed by atoms with van der Waals surface area (Å²) in [6.07, 6.45) is 0. The van der Waals surface area contributed by atoms with Gasteiger partial charge in [-0.1, -0.05) is 18.2 Å². The Morgan fingerprint density at radius 3 is 2.80 bits per heavy atom. The van der Waals surface area contributed by atoms with Gasteiger partial charge in [-0.25, -0.2) is 0 Å². The van der Waals surface area contributed by atoms with Crippen molar-refractivity contribution in [1.82, 2.24) is 20.2 Å². The van der Waals surface area contributed by atoms with Crippen molar-refractivity contribution in [2.24, 2.45) is 7.05 Å². The number of para-hydroxylation sites is 1. The lowest BCUT2D eigenvalue weighted by Gasteiger charge is -2.05. The van der Waals surface area contributed by atoms with Gasteiger partial charge in [-0.05, 0) is 23.8 Å². The van der Waals surface area contributed by atoms with Gasteiger partial charge in [0, 0.05) is 0 Å². The predicted molar refractivity (Wildman–Crippen MR) is 54.3 cm³/mol. The van der Waals surface area contributed by atoms with E-state index in [1.165, 1.54) is 4.80 Å². The fourth-order valence-electron chi connectivity index (χ4n) is 1.24. The number of benzene rings is 1. The number of tetrazole rings is 1. The number of ether oxygens (including phenoxy) is 1. The van der Waals surface area contributed by atoms with Gasteiger partial charge in [0.1, 0.15) is 5.75 Å². The fraction of sp³-hybridized carbons (Fsp3) is 0.300. The molecule has 0 bridgehead atoms. The molecular formula is C10H12N4O. The molecule has 5 heteroatoms. The van der Waals surface area contributed by atoms with Crippen LogP contribution in [0.25, 0.3) is 0 Å². The van der Waals surface area contributed by atoms with Crippen molar-refractivity contribution in [3.63, 3.8) is 0 Å². The zero-order chi connectivity index (χ0) is 10.7. The Kier molecular flexibility index (Phi) is 2.62. The molecule has 0 fully saturated rings. The first-order valence-corrected chi connectivity index (χ1v) is 4.67. The Hall–Kier alpha value is -1.91. The monoisotopic (exact) mass is 204 g/mol. The van der Waals surface area contributed by atoms with Gasteiger partial charge in [0.05, 0.1) is 7.05 Å². The van der Waals surface area contributed by atoms with E-state index in [1.54, 1.807) is 7.05 Å². The zero-order valence-corrected chi connectivity index (χ0v) is 8.71. The lowest BCUT2D eigenvalue weighted by atomic mass is 10.2. The molecule has 2 aromatic rings. The second-order valence-electron chi connectivity index (χ2n) is 3.25. The second-order valence-corrected chi connectivity index (χ2v) is 3.25. The van der Waals surface area contributed by atoms with E-state index in [4.69, 9.17) is 4.74 Å². The molecule has 0 N–H and O–H groups in total. The molecule has 2 rings (SSSR count). The van der Waals surface area contributed by atoms with Gasteiger partial charge in [0.2, 0.25) is 5.82 Å². The van der Waals surface area contributed by atoms with Crippen molar-refractivity contribution in [3.05, 3.63) is 35.7 Å². The van der Waals surface area contributed by atoms with Crippen LogP contribution in [0.4, 0.5) is 0 Å². The number of nitrogens with zero attached hydrogens (tertiary/aromatic N) is 4. The van der Waals surface area contributed by atoms with Crippen LogP contribution in [-0.4, -0.2) is 20.2 Å². The van der Waals surface area contributed by atoms with Crippen LogP contribution in [0, 0.1) is 6.92 Å².